The minimum absolute atomic E-state index is 0.130. The molecule has 0 saturated heterocycles. The number of para-hydroxylation sites is 1. The summed E-state index contributed by atoms with van der Waals surface area (Å²) in [6.45, 7) is 4.11. The Morgan fingerprint density at radius 1 is 1.47 bits per heavy atom. The third kappa shape index (κ3) is 2.31. The van der Waals surface area contributed by atoms with Crippen LogP contribution in [0.1, 0.15) is 31.7 Å². The summed E-state index contributed by atoms with van der Waals surface area (Å²) >= 11 is 0. The molecule has 82 valence electrons. The van der Waals surface area contributed by atoms with Crippen LogP contribution in [0.15, 0.2) is 18.2 Å². The van der Waals surface area contributed by atoms with Crippen LogP contribution in [0.2, 0.25) is 0 Å². The number of benzene rings is 1. The third-order valence-electron chi connectivity index (χ3n) is 3.18. The van der Waals surface area contributed by atoms with Gasteiger partial charge in [-0.3, -0.25) is 0 Å². The summed E-state index contributed by atoms with van der Waals surface area (Å²) in [5, 5.41) is 3.35. The smallest absolute Gasteiger partial charge is 0.146 e. The van der Waals surface area contributed by atoms with Crippen molar-refractivity contribution < 1.29 is 4.39 Å². The Kier molecular flexibility index (Phi) is 2.94. The largest absolute Gasteiger partial charge is 0.379 e. The van der Waals surface area contributed by atoms with Crippen LogP contribution in [-0.2, 0) is 0 Å². The van der Waals surface area contributed by atoms with Crippen LogP contribution in [-0.4, -0.2) is 6.04 Å². The summed E-state index contributed by atoms with van der Waals surface area (Å²) in [7, 11) is 0. The standard InChI is InChI=1S/C13H18FN/c1-3-12(10-7-8-10)15-13-9(2)5-4-6-11(13)14/h4-6,10,12,15H,3,7-8H2,1-2H3. The van der Waals surface area contributed by atoms with E-state index in [9.17, 15) is 4.39 Å². The van der Waals surface area contributed by atoms with Gasteiger partial charge in [-0.15, -0.1) is 0 Å². The minimum Gasteiger partial charge on any atom is -0.379 e. The molecular weight excluding hydrogens is 189 g/mol. The molecule has 1 nitrogen and oxygen atoms in total. The molecule has 0 aliphatic heterocycles. The normalized spacial score (nSPS) is 17.5. The average molecular weight is 207 g/mol. The molecule has 0 aromatic heterocycles. The topological polar surface area (TPSA) is 12.0 Å². The Labute approximate surface area is 90.7 Å². The van der Waals surface area contributed by atoms with Crippen molar-refractivity contribution >= 4 is 5.69 Å². The quantitative estimate of drug-likeness (QED) is 0.793. The van der Waals surface area contributed by atoms with E-state index in [1.54, 1.807) is 6.07 Å². The third-order valence-corrected chi connectivity index (χ3v) is 3.18. The lowest BCUT2D eigenvalue weighted by molar-refractivity contribution is 0.593. The second-order valence-electron chi connectivity index (χ2n) is 4.43. The number of nitrogens with one attached hydrogen (secondary N) is 1. The number of aryl methyl sites for hydroxylation is 1. The lowest BCUT2D eigenvalue weighted by Gasteiger charge is -2.19. The van der Waals surface area contributed by atoms with Gasteiger partial charge in [0.15, 0.2) is 0 Å². The predicted molar refractivity (Wildman–Crippen MR) is 61.6 cm³/mol. The van der Waals surface area contributed by atoms with Crippen LogP contribution in [0.4, 0.5) is 10.1 Å². The van der Waals surface area contributed by atoms with E-state index in [-0.39, 0.29) is 5.82 Å². The molecule has 0 amide bonds. The van der Waals surface area contributed by atoms with Crippen LogP contribution in [0.5, 0.6) is 0 Å². The first-order chi connectivity index (χ1) is 7.22. The fourth-order valence-electron chi connectivity index (χ4n) is 2.05. The van der Waals surface area contributed by atoms with Crippen molar-refractivity contribution in [2.45, 2.75) is 39.2 Å². The Morgan fingerprint density at radius 2 is 2.20 bits per heavy atom. The van der Waals surface area contributed by atoms with Crippen molar-refractivity contribution in [2.24, 2.45) is 5.92 Å². The monoisotopic (exact) mass is 207 g/mol. The van der Waals surface area contributed by atoms with Crippen molar-refractivity contribution in [2.75, 3.05) is 5.32 Å². The molecule has 0 bridgehead atoms. The van der Waals surface area contributed by atoms with Gasteiger partial charge in [-0.1, -0.05) is 19.1 Å². The summed E-state index contributed by atoms with van der Waals surface area (Å²) in [4.78, 5) is 0. The molecule has 0 radical (unpaired) electrons. The fraction of sp³-hybridized carbons (Fsp3) is 0.538. The summed E-state index contributed by atoms with van der Waals surface area (Å²) < 4.78 is 13.6. The van der Waals surface area contributed by atoms with Gasteiger partial charge in [0.1, 0.15) is 5.82 Å². The van der Waals surface area contributed by atoms with E-state index in [2.05, 4.69) is 12.2 Å². The highest BCUT2D eigenvalue weighted by Gasteiger charge is 2.30. The Balaban J connectivity index is 2.14. The summed E-state index contributed by atoms with van der Waals surface area (Å²) in [6.07, 6.45) is 3.65. The Morgan fingerprint density at radius 3 is 2.73 bits per heavy atom. The van der Waals surface area contributed by atoms with E-state index in [1.165, 1.54) is 18.9 Å². The molecule has 1 N–H and O–H groups in total. The van der Waals surface area contributed by atoms with E-state index in [0.717, 1.165) is 17.9 Å². The fourth-order valence-corrected chi connectivity index (χ4v) is 2.05. The average Bonchev–Trinajstić information content (AvgIpc) is 3.01. The van der Waals surface area contributed by atoms with Crippen molar-refractivity contribution in [1.29, 1.82) is 0 Å². The van der Waals surface area contributed by atoms with Crippen molar-refractivity contribution in [3.63, 3.8) is 0 Å². The number of hydrogen-bond acceptors (Lipinski definition) is 1. The van der Waals surface area contributed by atoms with Gasteiger partial charge >= 0.3 is 0 Å². The van der Waals surface area contributed by atoms with E-state index >= 15 is 0 Å². The van der Waals surface area contributed by atoms with E-state index < -0.39 is 0 Å². The van der Waals surface area contributed by atoms with E-state index in [4.69, 9.17) is 0 Å². The first-order valence-corrected chi connectivity index (χ1v) is 5.74. The number of halogens is 1. The van der Waals surface area contributed by atoms with Crippen LogP contribution < -0.4 is 5.32 Å². The molecule has 1 atom stereocenters. The molecule has 0 heterocycles. The zero-order chi connectivity index (χ0) is 10.8. The maximum absolute atomic E-state index is 13.6. The lowest BCUT2D eigenvalue weighted by atomic mass is 10.1. The maximum Gasteiger partial charge on any atom is 0.146 e. The second kappa shape index (κ2) is 4.21. The van der Waals surface area contributed by atoms with Crippen LogP contribution in [0.3, 0.4) is 0 Å². The van der Waals surface area contributed by atoms with Gasteiger partial charge in [0.2, 0.25) is 0 Å². The summed E-state index contributed by atoms with van der Waals surface area (Å²) in [5.41, 5.74) is 1.69. The first-order valence-electron chi connectivity index (χ1n) is 5.74. The van der Waals surface area contributed by atoms with Crippen LogP contribution in [0.25, 0.3) is 0 Å². The van der Waals surface area contributed by atoms with Crippen molar-refractivity contribution in [3.8, 4) is 0 Å². The zero-order valence-corrected chi connectivity index (χ0v) is 9.39. The van der Waals surface area contributed by atoms with Gasteiger partial charge in [-0.2, -0.15) is 0 Å². The van der Waals surface area contributed by atoms with Crippen LogP contribution >= 0.6 is 0 Å². The molecule has 1 unspecified atom stereocenters. The highest BCUT2D eigenvalue weighted by Crippen LogP contribution is 2.36. The summed E-state index contributed by atoms with van der Waals surface area (Å²) in [5.74, 6) is 0.628. The zero-order valence-electron chi connectivity index (χ0n) is 9.39. The molecular formula is C13H18FN. The van der Waals surface area contributed by atoms with E-state index in [1.807, 2.05) is 13.0 Å². The highest BCUT2D eigenvalue weighted by atomic mass is 19.1. The van der Waals surface area contributed by atoms with Gasteiger partial charge in [-0.05, 0) is 43.7 Å². The van der Waals surface area contributed by atoms with Gasteiger partial charge in [0.25, 0.3) is 0 Å². The van der Waals surface area contributed by atoms with Gasteiger partial charge in [-0.25, -0.2) is 4.39 Å². The lowest BCUT2D eigenvalue weighted by Crippen LogP contribution is -2.21. The molecule has 1 saturated carbocycles. The molecule has 1 aromatic rings. The van der Waals surface area contributed by atoms with Gasteiger partial charge in [0.05, 0.1) is 5.69 Å². The number of hydrogen-bond donors (Lipinski definition) is 1. The first kappa shape index (κ1) is 10.5. The number of anilines is 1. The number of rotatable bonds is 4. The maximum atomic E-state index is 13.6. The SMILES string of the molecule is CCC(Nc1c(C)cccc1F)C1CC1. The van der Waals surface area contributed by atoms with Crippen molar-refractivity contribution in [1.82, 2.24) is 0 Å². The molecule has 1 aliphatic carbocycles. The predicted octanol–water partition coefficient (Wildman–Crippen LogP) is 3.73. The molecule has 1 aliphatic rings. The van der Waals surface area contributed by atoms with Gasteiger partial charge < -0.3 is 5.32 Å². The molecule has 15 heavy (non-hydrogen) atoms. The minimum atomic E-state index is -0.130. The van der Waals surface area contributed by atoms with Gasteiger partial charge in [0, 0.05) is 6.04 Å². The molecule has 2 heteroatoms. The molecule has 0 spiro atoms. The second-order valence-corrected chi connectivity index (χ2v) is 4.43. The van der Waals surface area contributed by atoms with Crippen molar-refractivity contribution in [3.05, 3.63) is 29.6 Å². The van der Waals surface area contributed by atoms with E-state index in [0.29, 0.717) is 11.7 Å². The molecule has 1 aromatic carbocycles. The highest BCUT2D eigenvalue weighted by molar-refractivity contribution is 5.52. The van der Waals surface area contributed by atoms with Crippen LogP contribution in [0, 0.1) is 18.7 Å². The summed E-state index contributed by atoms with van der Waals surface area (Å²) in [6, 6.07) is 5.68. The molecule has 2 rings (SSSR count). The Bertz CT molecular complexity index is 324. The molecule has 1 fully saturated rings. The Hall–Kier alpha value is -1.05.